The molecule has 3 nitrogen and oxygen atoms in total. The van der Waals surface area contributed by atoms with Gasteiger partial charge in [-0.1, -0.05) is 29.8 Å². The molecule has 2 rings (SSSR count). The van der Waals surface area contributed by atoms with E-state index in [4.69, 9.17) is 11.6 Å². The molecule has 1 aromatic heterocycles. The largest absolute Gasteiger partial charge is 0.342 e. The van der Waals surface area contributed by atoms with Gasteiger partial charge in [0.2, 0.25) is 5.91 Å². The molecule has 2 aromatic rings. The van der Waals surface area contributed by atoms with E-state index in [0.29, 0.717) is 11.6 Å². The van der Waals surface area contributed by atoms with Crippen molar-refractivity contribution in [1.82, 2.24) is 9.88 Å². The van der Waals surface area contributed by atoms with Crippen molar-refractivity contribution in [3.8, 4) is 0 Å². The number of nitrogens with zero attached hydrogens (tertiary/aromatic N) is 2. The van der Waals surface area contributed by atoms with Gasteiger partial charge in [-0.05, 0) is 42.3 Å². The fourth-order valence-electron chi connectivity index (χ4n) is 1.95. The highest BCUT2D eigenvalue weighted by atomic mass is 35.5. The minimum atomic E-state index is -0.0346. The van der Waals surface area contributed by atoms with Gasteiger partial charge >= 0.3 is 0 Å². The summed E-state index contributed by atoms with van der Waals surface area (Å²) in [6.45, 7) is 2.58. The molecule has 0 fully saturated rings. The van der Waals surface area contributed by atoms with Crippen molar-refractivity contribution >= 4 is 23.6 Å². The van der Waals surface area contributed by atoms with Gasteiger partial charge in [-0.15, -0.1) is 0 Å². The molecule has 0 aliphatic heterocycles. The van der Waals surface area contributed by atoms with Crippen molar-refractivity contribution in [2.75, 3.05) is 13.6 Å². The third-order valence-electron chi connectivity index (χ3n) is 3.42. The average molecular weight is 315 g/mol. The molecule has 0 aliphatic rings. The number of halogens is 1. The Kier molecular flexibility index (Phi) is 5.73. The number of benzene rings is 1. The van der Waals surface area contributed by atoms with Crippen LogP contribution in [-0.4, -0.2) is 29.4 Å². The molecule has 1 amide bonds. The SMILES string of the molecule is Cc1ccc(/C=C/C(=O)N(C)CCc2ccccn2)cc1Cl. The molecule has 1 aromatic carbocycles. The third-order valence-corrected chi connectivity index (χ3v) is 3.83. The molecule has 0 atom stereocenters. The topological polar surface area (TPSA) is 33.2 Å². The van der Waals surface area contributed by atoms with Gasteiger partial charge in [0.1, 0.15) is 0 Å². The molecule has 0 aliphatic carbocycles. The highest BCUT2D eigenvalue weighted by molar-refractivity contribution is 6.31. The zero-order valence-corrected chi connectivity index (χ0v) is 13.5. The predicted octanol–water partition coefficient (Wildman–Crippen LogP) is 3.76. The lowest BCUT2D eigenvalue weighted by molar-refractivity contribution is -0.124. The molecule has 0 saturated carbocycles. The van der Waals surface area contributed by atoms with E-state index in [-0.39, 0.29) is 5.91 Å². The van der Waals surface area contributed by atoms with Gasteiger partial charge in [-0.25, -0.2) is 0 Å². The first kappa shape index (κ1) is 16.2. The lowest BCUT2D eigenvalue weighted by Gasteiger charge is -2.14. The Bertz CT molecular complexity index is 668. The number of aryl methyl sites for hydroxylation is 1. The molecular weight excluding hydrogens is 296 g/mol. The number of carbonyl (C=O) groups is 1. The maximum Gasteiger partial charge on any atom is 0.246 e. The first-order chi connectivity index (χ1) is 10.6. The van der Waals surface area contributed by atoms with Crippen LogP contribution in [0.1, 0.15) is 16.8 Å². The average Bonchev–Trinajstić information content (AvgIpc) is 2.54. The van der Waals surface area contributed by atoms with Crippen LogP contribution >= 0.6 is 11.6 Å². The van der Waals surface area contributed by atoms with Crippen molar-refractivity contribution in [1.29, 1.82) is 0 Å². The molecule has 22 heavy (non-hydrogen) atoms. The summed E-state index contributed by atoms with van der Waals surface area (Å²) in [6.07, 6.45) is 5.86. The highest BCUT2D eigenvalue weighted by Gasteiger charge is 2.05. The Morgan fingerprint density at radius 1 is 1.32 bits per heavy atom. The minimum absolute atomic E-state index is 0.0346. The van der Waals surface area contributed by atoms with Crippen molar-refractivity contribution in [3.05, 3.63) is 70.5 Å². The zero-order valence-electron chi connectivity index (χ0n) is 12.8. The molecule has 0 radical (unpaired) electrons. The van der Waals surface area contributed by atoms with E-state index < -0.39 is 0 Å². The molecule has 0 saturated heterocycles. The maximum atomic E-state index is 12.1. The van der Waals surface area contributed by atoms with Crippen LogP contribution in [0.3, 0.4) is 0 Å². The van der Waals surface area contributed by atoms with Crippen molar-refractivity contribution < 1.29 is 4.79 Å². The zero-order chi connectivity index (χ0) is 15.9. The summed E-state index contributed by atoms with van der Waals surface area (Å²) in [6, 6.07) is 11.5. The normalized spacial score (nSPS) is 10.9. The molecule has 4 heteroatoms. The maximum absolute atomic E-state index is 12.1. The molecule has 114 valence electrons. The van der Waals surface area contributed by atoms with Crippen LogP contribution in [0.15, 0.2) is 48.7 Å². The van der Waals surface area contributed by atoms with Crippen LogP contribution in [0.4, 0.5) is 0 Å². The van der Waals surface area contributed by atoms with Gasteiger partial charge in [0.25, 0.3) is 0 Å². The number of pyridine rings is 1. The summed E-state index contributed by atoms with van der Waals surface area (Å²) in [5.74, 6) is -0.0346. The van der Waals surface area contributed by atoms with E-state index in [1.807, 2.05) is 43.3 Å². The van der Waals surface area contributed by atoms with E-state index >= 15 is 0 Å². The van der Waals surface area contributed by atoms with Crippen LogP contribution in [-0.2, 0) is 11.2 Å². The second-order valence-electron chi connectivity index (χ2n) is 5.17. The van der Waals surface area contributed by atoms with Gasteiger partial charge < -0.3 is 4.90 Å². The molecule has 0 bridgehead atoms. The lowest BCUT2D eigenvalue weighted by Crippen LogP contribution is -2.27. The summed E-state index contributed by atoms with van der Waals surface area (Å²) in [5.41, 5.74) is 2.93. The molecule has 0 N–H and O–H groups in total. The van der Waals surface area contributed by atoms with Crippen LogP contribution in [0.2, 0.25) is 5.02 Å². The Balaban J connectivity index is 1.90. The molecule has 0 unspecified atom stereocenters. The summed E-state index contributed by atoms with van der Waals surface area (Å²) in [7, 11) is 1.79. The monoisotopic (exact) mass is 314 g/mol. The predicted molar refractivity (Wildman–Crippen MR) is 90.8 cm³/mol. The van der Waals surface area contributed by atoms with Crippen LogP contribution < -0.4 is 0 Å². The highest BCUT2D eigenvalue weighted by Crippen LogP contribution is 2.17. The van der Waals surface area contributed by atoms with E-state index in [1.54, 1.807) is 30.3 Å². The summed E-state index contributed by atoms with van der Waals surface area (Å²) >= 11 is 6.07. The number of carbonyl (C=O) groups excluding carboxylic acids is 1. The lowest BCUT2D eigenvalue weighted by atomic mass is 10.1. The Morgan fingerprint density at radius 3 is 2.82 bits per heavy atom. The van der Waals surface area contributed by atoms with Crippen molar-refractivity contribution in [3.63, 3.8) is 0 Å². The Morgan fingerprint density at radius 2 is 2.14 bits per heavy atom. The van der Waals surface area contributed by atoms with Crippen LogP contribution in [0.25, 0.3) is 6.08 Å². The first-order valence-corrected chi connectivity index (χ1v) is 7.53. The van der Waals surface area contributed by atoms with E-state index in [2.05, 4.69) is 4.98 Å². The molecule has 0 spiro atoms. The quantitative estimate of drug-likeness (QED) is 0.787. The Labute approximate surface area is 136 Å². The summed E-state index contributed by atoms with van der Waals surface area (Å²) in [5, 5.41) is 0.707. The minimum Gasteiger partial charge on any atom is -0.342 e. The molecule has 1 heterocycles. The number of aromatic nitrogens is 1. The number of amides is 1. The van der Waals surface area contributed by atoms with Crippen molar-refractivity contribution in [2.24, 2.45) is 0 Å². The standard InChI is InChI=1S/C18H19ClN2O/c1-14-6-7-15(13-17(14)19)8-9-18(22)21(2)12-10-16-5-3-4-11-20-16/h3-9,11,13H,10,12H2,1-2H3/b9-8+. The smallest absolute Gasteiger partial charge is 0.246 e. The fourth-order valence-corrected chi connectivity index (χ4v) is 2.13. The van der Waals surface area contributed by atoms with E-state index in [0.717, 1.165) is 23.2 Å². The van der Waals surface area contributed by atoms with Gasteiger partial charge in [0.15, 0.2) is 0 Å². The second kappa shape index (κ2) is 7.76. The van der Waals surface area contributed by atoms with Gasteiger partial charge in [-0.3, -0.25) is 9.78 Å². The van der Waals surface area contributed by atoms with E-state index in [1.165, 1.54) is 0 Å². The van der Waals surface area contributed by atoms with Crippen LogP contribution in [0, 0.1) is 6.92 Å². The number of likely N-dealkylation sites (N-methyl/N-ethyl adjacent to an activating group) is 1. The molecular formula is C18H19ClN2O. The van der Waals surface area contributed by atoms with Crippen LogP contribution in [0.5, 0.6) is 0 Å². The number of rotatable bonds is 5. The number of hydrogen-bond donors (Lipinski definition) is 0. The van der Waals surface area contributed by atoms with E-state index in [9.17, 15) is 4.79 Å². The van der Waals surface area contributed by atoms with Gasteiger partial charge in [0.05, 0.1) is 0 Å². The van der Waals surface area contributed by atoms with Gasteiger partial charge in [0, 0.05) is 43.0 Å². The Hall–Kier alpha value is -2.13. The van der Waals surface area contributed by atoms with Gasteiger partial charge in [-0.2, -0.15) is 0 Å². The summed E-state index contributed by atoms with van der Waals surface area (Å²) < 4.78 is 0. The fraction of sp³-hybridized carbons (Fsp3) is 0.222. The summed E-state index contributed by atoms with van der Waals surface area (Å²) in [4.78, 5) is 18.0. The third kappa shape index (κ3) is 4.71. The number of hydrogen-bond acceptors (Lipinski definition) is 2. The van der Waals surface area contributed by atoms with Crippen molar-refractivity contribution in [2.45, 2.75) is 13.3 Å². The first-order valence-electron chi connectivity index (χ1n) is 7.15. The second-order valence-corrected chi connectivity index (χ2v) is 5.58.